The number of esters is 2. The van der Waals surface area contributed by atoms with Crippen molar-refractivity contribution in [1.82, 2.24) is 0 Å². The van der Waals surface area contributed by atoms with Crippen LogP contribution in [0.3, 0.4) is 0 Å². The van der Waals surface area contributed by atoms with Crippen molar-refractivity contribution in [2.75, 3.05) is 13.4 Å². The third-order valence-corrected chi connectivity index (χ3v) is 6.03. The largest absolute Gasteiger partial charge is 0.462 e. The van der Waals surface area contributed by atoms with Gasteiger partial charge in [-0.3, -0.25) is 0 Å². The van der Waals surface area contributed by atoms with Crippen LogP contribution in [0.4, 0.5) is 34.1 Å². The molecule has 0 saturated carbocycles. The van der Waals surface area contributed by atoms with Gasteiger partial charge in [0.15, 0.2) is 0 Å². The second kappa shape index (κ2) is 16.5. The van der Waals surface area contributed by atoms with Gasteiger partial charge < -0.3 is 14.2 Å². The highest BCUT2D eigenvalue weighted by Gasteiger charge is 2.02. The van der Waals surface area contributed by atoms with Crippen molar-refractivity contribution < 1.29 is 23.8 Å². The molecule has 4 rings (SSSR count). The van der Waals surface area contributed by atoms with Crippen molar-refractivity contribution in [3.63, 3.8) is 0 Å². The number of azo groups is 3. The van der Waals surface area contributed by atoms with Crippen LogP contribution >= 0.6 is 0 Å². The van der Waals surface area contributed by atoms with Crippen molar-refractivity contribution in [2.45, 2.75) is 13.3 Å². The minimum absolute atomic E-state index is 0.205. The molecule has 4 aromatic rings. The van der Waals surface area contributed by atoms with E-state index in [1.54, 1.807) is 24.3 Å². The predicted molar refractivity (Wildman–Crippen MR) is 170 cm³/mol. The highest BCUT2D eigenvalue weighted by Crippen LogP contribution is 2.29. The van der Waals surface area contributed by atoms with Gasteiger partial charge in [0, 0.05) is 18.6 Å². The van der Waals surface area contributed by atoms with E-state index in [0.29, 0.717) is 52.9 Å². The Kier molecular flexibility index (Phi) is 11.7. The lowest BCUT2D eigenvalue weighted by molar-refractivity contribution is -0.144. The van der Waals surface area contributed by atoms with Crippen LogP contribution in [-0.2, 0) is 25.5 Å². The summed E-state index contributed by atoms with van der Waals surface area (Å²) in [6, 6.07) is 27.2. The molecule has 0 saturated heterocycles. The number of nitrogens with zero attached hydrogens (tertiary/aromatic N) is 6. The number of hydrogen-bond donors (Lipinski definition) is 0. The zero-order valence-electron chi connectivity index (χ0n) is 24.6. The van der Waals surface area contributed by atoms with E-state index in [1.165, 1.54) is 0 Å². The Balaban J connectivity index is 1.27. The normalized spacial score (nSPS) is 11.1. The maximum atomic E-state index is 11.1. The molecule has 0 fully saturated rings. The fourth-order valence-electron chi connectivity index (χ4n) is 3.62. The predicted octanol–water partition coefficient (Wildman–Crippen LogP) is 9.58. The standard InChI is InChI=1S/C34H30N6O5/c1-4-33(41)43-21-20-25-6-8-26(9-7-25)35-36-27-10-12-28(13-11-27)38-40-32-19-16-30(22-24(32)3)39-37-29-14-17-31(18-15-29)44-23-45-34(42)5-2/h4-19,22H,1-2,20-21,23H2,3H3. The Morgan fingerprint density at radius 3 is 1.64 bits per heavy atom. The van der Waals surface area contributed by atoms with Crippen LogP contribution in [0.1, 0.15) is 11.1 Å². The number of benzene rings is 4. The molecular formula is C34H30N6O5. The van der Waals surface area contributed by atoms with E-state index in [-0.39, 0.29) is 6.79 Å². The van der Waals surface area contributed by atoms with Gasteiger partial charge in [-0.1, -0.05) is 25.3 Å². The third kappa shape index (κ3) is 10.6. The molecule has 4 aromatic carbocycles. The molecule has 0 atom stereocenters. The Morgan fingerprint density at radius 2 is 1.09 bits per heavy atom. The first-order valence-corrected chi connectivity index (χ1v) is 13.8. The Morgan fingerprint density at radius 1 is 0.622 bits per heavy atom. The van der Waals surface area contributed by atoms with E-state index < -0.39 is 11.9 Å². The van der Waals surface area contributed by atoms with Gasteiger partial charge in [0.25, 0.3) is 0 Å². The Labute approximate surface area is 260 Å². The van der Waals surface area contributed by atoms with E-state index in [4.69, 9.17) is 14.2 Å². The third-order valence-electron chi connectivity index (χ3n) is 6.03. The zero-order chi connectivity index (χ0) is 31.9. The van der Waals surface area contributed by atoms with E-state index in [1.807, 2.05) is 73.7 Å². The van der Waals surface area contributed by atoms with Crippen LogP contribution in [-0.4, -0.2) is 25.3 Å². The molecule has 0 aliphatic rings. The molecule has 0 aliphatic carbocycles. The van der Waals surface area contributed by atoms with Gasteiger partial charge in [-0.05, 0) is 96.9 Å². The minimum Gasteiger partial charge on any atom is -0.462 e. The van der Waals surface area contributed by atoms with Crippen LogP contribution in [0.2, 0.25) is 0 Å². The fraction of sp³-hybridized carbons (Fsp3) is 0.118. The van der Waals surface area contributed by atoms with Crippen LogP contribution in [0.15, 0.2) is 147 Å². The number of ether oxygens (including phenoxy) is 3. The van der Waals surface area contributed by atoms with E-state index in [0.717, 1.165) is 23.3 Å². The number of aryl methyl sites for hydroxylation is 1. The lowest BCUT2D eigenvalue weighted by Crippen LogP contribution is -2.07. The number of rotatable bonds is 14. The van der Waals surface area contributed by atoms with Crippen LogP contribution in [0.25, 0.3) is 0 Å². The second-order valence-electron chi connectivity index (χ2n) is 9.30. The quantitative estimate of drug-likeness (QED) is 0.0612. The average molecular weight is 603 g/mol. The zero-order valence-corrected chi connectivity index (χ0v) is 24.6. The number of carbonyl (C=O) groups is 2. The first-order valence-electron chi connectivity index (χ1n) is 13.8. The molecule has 0 aromatic heterocycles. The van der Waals surface area contributed by atoms with Gasteiger partial charge in [-0.2, -0.15) is 30.7 Å². The summed E-state index contributed by atoms with van der Waals surface area (Å²) in [5.74, 6) is -0.459. The lowest BCUT2D eigenvalue weighted by atomic mass is 10.1. The first kappa shape index (κ1) is 31.8. The summed E-state index contributed by atoms with van der Waals surface area (Å²) < 4.78 is 15.1. The summed E-state index contributed by atoms with van der Waals surface area (Å²) in [7, 11) is 0. The maximum Gasteiger partial charge on any atom is 0.333 e. The number of hydrogen-bond acceptors (Lipinski definition) is 11. The molecular weight excluding hydrogens is 572 g/mol. The molecule has 11 nitrogen and oxygen atoms in total. The molecule has 0 unspecified atom stereocenters. The monoisotopic (exact) mass is 602 g/mol. The SMILES string of the molecule is C=CC(=O)OCCc1ccc(N=Nc2ccc(N=Nc3ccc(N=Nc4ccc(OCOC(=O)C=C)cc4)cc3C)cc2)cc1. The second-order valence-corrected chi connectivity index (χ2v) is 9.30. The summed E-state index contributed by atoms with van der Waals surface area (Å²) in [5, 5.41) is 25.8. The van der Waals surface area contributed by atoms with E-state index in [9.17, 15) is 9.59 Å². The molecule has 0 N–H and O–H groups in total. The van der Waals surface area contributed by atoms with Crippen LogP contribution in [0.5, 0.6) is 5.75 Å². The van der Waals surface area contributed by atoms with Gasteiger partial charge >= 0.3 is 11.9 Å². The van der Waals surface area contributed by atoms with Gasteiger partial charge in [-0.15, -0.1) is 0 Å². The lowest BCUT2D eigenvalue weighted by Gasteiger charge is -2.05. The summed E-state index contributed by atoms with van der Waals surface area (Å²) in [6.45, 7) is 8.71. The van der Waals surface area contributed by atoms with Crippen molar-refractivity contribution in [1.29, 1.82) is 0 Å². The summed E-state index contributed by atoms with van der Waals surface area (Å²) in [5.41, 5.74) is 5.98. The highest BCUT2D eigenvalue weighted by atomic mass is 16.7. The van der Waals surface area contributed by atoms with Gasteiger partial charge in [-0.25, -0.2) is 9.59 Å². The molecule has 0 aliphatic heterocycles. The first-order chi connectivity index (χ1) is 21.9. The van der Waals surface area contributed by atoms with Crippen LogP contribution < -0.4 is 4.74 Å². The smallest absolute Gasteiger partial charge is 0.333 e. The summed E-state index contributed by atoms with van der Waals surface area (Å²) in [6.07, 6.45) is 2.82. The molecule has 0 bridgehead atoms. The average Bonchev–Trinajstić information content (AvgIpc) is 3.07. The maximum absolute atomic E-state index is 11.1. The molecule has 0 radical (unpaired) electrons. The topological polar surface area (TPSA) is 136 Å². The van der Waals surface area contributed by atoms with E-state index >= 15 is 0 Å². The van der Waals surface area contributed by atoms with Crippen molar-refractivity contribution >= 4 is 46.1 Å². The van der Waals surface area contributed by atoms with Crippen molar-refractivity contribution in [3.8, 4) is 5.75 Å². The molecule has 0 amide bonds. The number of carbonyl (C=O) groups excluding carboxylic acids is 2. The van der Waals surface area contributed by atoms with Gasteiger partial charge in [0.2, 0.25) is 6.79 Å². The van der Waals surface area contributed by atoms with Gasteiger partial charge in [0.05, 0.1) is 40.7 Å². The van der Waals surface area contributed by atoms with Gasteiger partial charge in [0.1, 0.15) is 5.75 Å². The van der Waals surface area contributed by atoms with E-state index in [2.05, 4.69) is 43.8 Å². The molecule has 226 valence electrons. The summed E-state index contributed by atoms with van der Waals surface area (Å²) >= 11 is 0. The molecule has 11 heteroatoms. The molecule has 45 heavy (non-hydrogen) atoms. The highest BCUT2D eigenvalue weighted by molar-refractivity contribution is 5.81. The fourth-order valence-corrected chi connectivity index (χ4v) is 3.62. The van der Waals surface area contributed by atoms with Crippen LogP contribution in [0, 0.1) is 6.92 Å². The summed E-state index contributed by atoms with van der Waals surface area (Å²) in [4.78, 5) is 22.2. The minimum atomic E-state index is -0.555. The van der Waals surface area contributed by atoms with Crippen molar-refractivity contribution in [3.05, 3.63) is 127 Å². The van der Waals surface area contributed by atoms with Crippen molar-refractivity contribution in [2.24, 2.45) is 30.7 Å². The Bertz CT molecular complexity index is 1710. The molecule has 0 heterocycles. The molecule has 0 spiro atoms. The Hall–Kier alpha value is -6.10.